The van der Waals surface area contributed by atoms with E-state index in [1.165, 1.54) is 19.0 Å². The molecule has 4 aromatic carbocycles. The van der Waals surface area contributed by atoms with Crippen molar-refractivity contribution >= 4 is 179 Å². The first-order chi connectivity index (χ1) is 69.5. The highest BCUT2D eigenvalue weighted by molar-refractivity contribution is 8.77. The fourth-order valence-corrected chi connectivity index (χ4v) is 30.2. The molecule has 814 valence electrons. The fourth-order valence-electron chi connectivity index (χ4n) is 16.7. The molecule has 0 aliphatic carbocycles. The molecule has 43 heteroatoms. The number of hydrogen-bond donors (Lipinski definition) is 1. The van der Waals surface area contributed by atoms with Crippen molar-refractivity contribution in [2.45, 2.75) is 257 Å². The second-order valence-corrected chi connectivity index (χ2v) is 55.0. The number of nitrogens with zero attached hydrogens (tertiary/aromatic N) is 15. The van der Waals surface area contributed by atoms with Gasteiger partial charge in [0.05, 0.1) is 95.9 Å². The maximum atomic E-state index is 12.9. The van der Waals surface area contributed by atoms with E-state index in [4.69, 9.17) is 37.3 Å². The van der Waals surface area contributed by atoms with Gasteiger partial charge in [-0.2, -0.15) is 39.5 Å². The first kappa shape index (κ1) is 125. The van der Waals surface area contributed by atoms with Crippen molar-refractivity contribution < 1.29 is 96.3 Å². The van der Waals surface area contributed by atoms with Gasteiger partial charge in [-0.05, 0) is 37.1 Å². The van der Waals surface area contributed by atoms with E-state index in [-0.39, 0.29) is 99.2 Å². The van der Waals surface area contributed by atoms with Gasteiger partial charge in [0.2, 0.25) is 17.3 Å². The Kier molecular flexibility index (Phi) is 46.5. The molecular weight excluding hydrogens is 2070 g/mol. The van der Waals surface area contributed by atoms with Crippen molar-refractivity contribution in [2.75, 3.05) is 86.2 Å². The van der Waals surface area contributed by atoms with E-state index in [1.54, 1.807) is 126 Å². The molecule has 13 rings (SSSR count). The summed E-state index contributed by atoms with van der Waals surface area (Å²) in [5.74, 6) is 13.8. The Morgan fingerprint density at radius 3 is 0.940 bits per heavy atom. The second kappa shape index (κ2) is 55.7. The number of Topliss-reactive ketones (excluding diaryl/α,β-unsaturated/α-hetero) is 3. The number of ketones is 3. The van der Waals surface area contributed by atoms with Crippen LogP contribution < -0.4 is 20.7 Å². The molecule has 10 aromatic rings. The average molecular weight is 2210 g/mol. The number of aliphatic hydroxyl groups excluding tert-OH is 1. The minimum atomic E-state index is -4.90. The zero-order chi connectivity index (χ0) is 107. The summed E-state index contributed by atoms with van der Waals surface area (Å²) in [6, 6.07) is 41.7. The SMILES string of the molecule is C.C.C.CN(C)C=Nc1ncnc2c1c(C#CCCC(=O)C(F)(F)F)cn2[C@H]1C[C@@H](OCSSC(C)(C)C)[C@@H](CO)O1.CN(C)C=Nc1ncnc2c1c(C#CCCC(=O)C(F)(F)F)cn2[C@H]1C[C@@H](OCSSC(C)(C)C)[C@@H](CO[Si](c2ccccc2)(c2ccccc2)C(C)(C)C)O1.CSCO[C@@H]1C[C@H](n2cc(C#CCCC(=O)C(F)(F)F)c3c(N=CN(C)C)ncnc32)O[C@@H]1CO[Si](c1ccccc1)(c1ccccc1)C(C)(C)C. The van der Waals surface area contributed by atoms with Crippen LogP contribution in [0.2, 0.25) is 10.1 Å². The van der Waals surface area contributed by atoms with E-state index in [1.807, 2.05) is 92.1 Å². The molecule has 150 heavy (non-hydrogen) atoms. The summed E-state index contributed by atoms with van der Waals surface area (Å²) in [5.41, 5.74) is 2.80. The van der Waals surface area contributed by atoms with Crippen LogP contribution in [0.15, 0.2) is 174 Å². The number of hydrogen-bond acceptors (Lipinski definition) is 26. The quantitative estimate of drug-likeness (QED) is 0.00553. The molecule has 0 bridgehead atoms. The fraction of sp³-hybridized carbons (Fsp3) is 0.495. The summed E-state index contributed by atoms with van der Waals surface area (Å²) >= 11 is 1.57. The number of halogens is 9. The number of thioether (sulfide) groups is 1. The van der Waals surface area contributed by atoms with Gasteiger partial charge in [0.15, 0.2) is 17.5 Å². The van der Waals surface area contributed by atoms with Crippen LogP contribution in [-0.4, -0.2) is 267 Å². The van der Waals surface area contributed by atoms with Crippen LogP contribution in [0, 0.1) is 35.5 Å². The number of aromatic nitrogens is 9. The van der Waals surface area contributed by atoms with Crippen LogP contribution in [0.5, 0.6) is 0 Å². The van der Waals surface area contributed by atoms with Crippen molar-refractivity contribution in [2.24, 2.45) is 15.0 Å². The average Bonchev–Trinajstić information content (AvgIpc) is 0.772. The van der Waals surface area contributed by atoms with E-state index in [0.717, 1.165) is 20.7 Å². The minimum Gasteiger partial charge on any atom is -0.405 e. The number of fused-ring (bicyclic) bond motifs is 3. The molecule has 0 radical (unpaired) electrons. The molecule has 3 fully saturated rings. The summed E-state index contributed by atoms with van der Waals surface area (Å²) in [7, 11) is 11.8. The van der Waals surface area contributed by atoms with Crippen LogP contribution >= 0.6 is 54.9 Å². The second-order valence-electron chi connectivity index (χ2n) is 39.4. The third-order valence-corrected chi connectivity index (χ3v) is 39.5. The number of alkyl halides is 9. The molecule has 0 saturated carbocycles. The zero-order valence-corrected chi connectivity index (χ0v) is 91.7. The van der Waals surface area contributed by atoms with E-state index >= 15 is 0 Å². The normalized spacial score (nSPS) is 18.2. The highest BCUT2D eigenvalue weighted by Crippen LogP contribution is 2.47. The Morgan fingerprint density at radius 2 is 0.693 bits per heavy atom. The van der Waals surface area contributed by atoms with E-state index < -0.39 is 109 Å². The monoisotopic (exact) mass is 2210 g/mol. The number of benzene rings is 4. The van der Waals surface area contributed by atoms with Crippen molar-refractivity contribution in [1.82, 2.24) is 58.3 Å². The Hall–Kier alpha value is -9.97. The maximum absolute atomic E-state index is 12.9. The molecule has 9 atom stereocenters. The van der Waals surface area contributed by atoms with E-state index in [9.17, 15) is 59.0 Å². The first-order valence-electron chi connectivity index (χ1n) is 47.4. The summed E-state index contributed by atoms with van der Waals surface area (Å²) in [6.07, 6.45) is -4.32. The molecule has 27 nitrogen and oxygen atoms in total. The maximum Gasteiger partial charge on any atom is 0.450 e. The molecule has 3 aliphatic heterocycles. The summed E-state index contributed by atoms with van der Waals surface area (Å²) < 4.78 is 174. The summed E-state index contributed by atoms with van der Waals surface area (Å²) in [6.45, 7) is 26.5. The highest BCUT2D eigenvalue weighted by Gasteiger charge is 2.54. The number of carbonyl (C=O) groups excluding carboxylic acids is 3. The van der Waals surface area contributed by atoms with Crippen LogP contribution in [-0.2, 0) is 51.7 Å². The number of rotatable bonds is 37. The standard InChI is InChI=1S/C41H50F3N5O4S2Si.C38H44F3N5O4SSi.C25H32F3N5O4S2.3CH4/c1-39(2,3)55-54-28-51-32-23-35(53-33(32)25-52-56(40(4,5)6,30-18-11-9-12-19-30)31-20-13-10-14-21-31)49-24-29(17-15-16-22-34(50)41(42,43)44)36-37(47-27-48(7)8)45-26-46-38(36)49;1-37(2,3)52(28-16-9-7-10-17-28,29-18-11-8-12-19-29)49-23-31-30(48-26-51-6)21-33(50-31)46-22-27(15-13-14-20-32(47)38(39,40)41)34-35(44-25-45(4)5)42-24-43-36(34)46;1-24(2,3)39-38-15-36-17-10-20(37-18(17)12-34)33-11-16(8-6-7-9-19(35)25(26,27)28)21-22(31-14-32(4)5)29-13-30-23(21)33;;;/h9-14,18-21,24,26-27,32-33,35H,16,22-23,25,28H2,1-8H3;7-12,16-19,22,24-25,30-31,33H,14,20-21,23,26H2,1-6H3;11,13-14,17-18,20,34H,7,9-10,12,15H2,1-5H3;3*1H4/t32-,33-,35-;30-,31-,33-;17-,18-,20-;;;/m111.../s1. The third kappa shape index (κ3) is 33.5. The number of aliphatic hydroxyl groups is 1. The lowest BCUT2D eigenvalue weighted by molar-refractivity contribution is -0.170. The van der Waals surface area contributed by atoms with Crippen molar-refractivity contribution in [3.05, 3.63) is 176 Å². The molecule has 0 unspecified atom stereocenters. The lowest BCUT2D eigenvalue weighted by atomic mass is 10.2. The van der Waals surface area contributed by atoms with Crippen LogP contribution in [0.25, 0.3) is 33.1 Å². The Morgan fingerprint density at radius 1 is 0.427 bits per heavy atom. The Bertz CT molecular complexity index is 6270. The summed E-state index contributed by atoms with van der Waals surface area (Å²) in [5, 5.41) is 15.6. The topological polar surface area (TPSA) is 284 Å². The zero-order valence-electron chi connectivity index (χ0n) is 85.6. The van der Waals surface area contributed by atoms with Gasteiger partial charge >= 0.3 is 18.5 Å². The van der Waals surface area contributed by atoms with Gasteiger partial charge in [0.1, 0.15) is 84.8 Å². The molecule has 6 aromatic heterocycles. The third-order valence-electron chi connectivity index (χ3n) is 23.1. The molecular formula is C107H138F9N15O12S5Si2. The van der Waals surface area contributed by atoms with Gasteiger partial charge in [0.25, 0.3) is 16.6 Å². The molecule has 3 saturated heterocycles. The van der Waals surface area contributed by atoms with Crippen LogP contribution in [0.4, 0.5) is 57.0 Å². The lowest BCUT2D eigenvalue weighted by Gasteiger charge is -2.43. The van der Waals surface area contributed by atoms with Gasteiger partial charge in [-0.15, -0.1) is 11.8 Å². The van der Waals surface area contributed by atoms with Crippen molar-refractivity contribution in [3.63, 3.8) is 0 Å². The van der Waals surface area contributed by atoms with Crippen LogP contribution in [0.3, 0.4) is 0 Å². The molecule has 3 aliphatic rings. The number of aliphatic imine (C=N–C) groups is 3. The van der Waals surface area contributed by atoms with Crippen molar-refractivity contribution in [1.29, 1.82) is 0 Å². The minimum absolute atomic E-state index is 0. The summed E-state index contributed by atoms with van der Waals surface area (Å²) in [4.78, 5) is 79.5. The van der Waals surface area contributed by atoms with Crippen molar-refractivity contribution in [3.8, 4) is 35.5 Å². The van der Waals surface area contributed by atoms with Crippen LogP contribution in [0.1, 0.15) is 199 Å². The van der Waals surface area contributed by atoms with E-state index in [2.05, 4.69) is 236 Å². The van der Waals surface area contributed by atoms with E-state index in [0.29, 0.717) is 104 Å². The molecule has 1 N–H and O–H groups in total. The van der Waals surface area contributed by atoms with Gasteiger partial charge in [-0.1, -0.05) is 305 Å². The van der Waals surface area contributed by atoms with Gasteiger partial charge in [0, 0.05) is 128 Å². The molecule has 0 amide bonds. The highest BCUT2D eigenvalue weighted by atomic mass is 33.1. The Balaban J connectivity index is 0.000000275. The number of ether oxygens (including phenoxy) is 6. The molecule has 9 heterocycles. The predicted molar refractivity (Wildman–Crippen MR) is 592 cm³/mol. The lowest BCUT2D eigenvalue weighted by Crippen LogP contribution is -2.67. The number of carbonyl (C=O) groups is 3. The predicted octanol–water partition coefficient (Wildman–Crippen LogP) is 21.4. The van der Waals surface area contributed by atoms with Gasteiger partial charge in [-0.3, -0.25) is 14.4 Å². The van der Waals surface area contributed by atoms with Gasteiger partial charge < -0.3 is 70.8 Å². The molecule has 0 spiro atoms. The Labute approximate surface area is 896 Å². The smallest absolute Gasteiger partial charge is 0.405 e. The van der Waals surface area contributed by atoms with Gasteiger partial charge in [-0.25, -0.2) is 44.9 Å². The first-order valence-corrected chi connectivity index (χ1v) is 57.3. The largest absolute Gasteiger partial charge is 0.450 e.